The van der Waals surface area contributed by atoms with Crippen molar-refractivity contribution in [3.8, 4) is 22.2 Å². The van der Waals surface area contributed by atoms with E-state index >= 15 is 0 Å². The Morgan fingerprint density at radius 2 is 2.03 bits per heavy atom. The molecule has 0 spiro atoms. The average molecular weight is 520 g/mol. The van der Waals surface area contributed by atoms with Crippen molar-refractivity contribution in [1.82, 2.24) is 19.9 Å². The number of aromatic nitrogens is 4. The van der Waals surface area contributed by atoms with Gasteiger partial charge in [0.25, 0.3) is 0 Å². The number of hydrogen-bond acceptors (Lipinski definition) is 9. The van der Waals surface area contributed by atoms with Gasteiger partial charge in [0.1, 0.15) is 17.7 Å². The zero-order chi connectivity index (χ0) is 25.9. The number of nitrogens with zero attached hydrogens (tertiary/aromatic N) is 4. The molecule has 0 fully saturated rings. The van der Waals surface area contributed by atoms with Gasteiger partial charge >= 0.3 is 6.09 Å². The van der Waals surface area contributed by atoms with E-state index in [1.54, 1.807) is 44.6 Å². The van der Waals surface area contributed by atoms with E-state index in [1.165, 1.54) is 23.6 Å². The molecule has 11 heteroatoms. The van der Waals surface area contributed by atoms with E-state index in [0.717, 1.165) is 15.8 Å². The van der Waals surface area contributed by atoms with Gasteiger partial charge in [-0.15, -0.1) is 11.3 Å². The standard InChI is InChI=1S/C26H22FN5O4S/c1-14-7-17(24-20(8-14)31-23(34-3)12-29-24)25-32-19-9-18(27)21(10-22(19)37-25)36-15(2)13-35-26(33)30-16-5-4-6-28-11-16/h4-12,15H,13H2,1-3H3,(H,30,33)/t15-/m0/s1. The molecule has 3 heterocycles. The number of carbonyl (C=O) groups is 1. The molecule has 0 radical (unpaired) electrons. The number of ether oxygens (including phenoxy) is 3. The zero-order valence-electron chi connectivity index (χ0n) is 20.2. The van der Waals surface area contributed by atoms with Crippen LogP contribution in [0.25, 0.3) is 31.8 Å². The fourth-order valence-corrected chi connectivity index (χ4v) is 4.67. The first kappa shape index (κ1) is 24.3. The van der Waals surface area contributed by atoms with Gasteiger partial charge < -0.3 is 14.2 Å². The topological polar surface area (TPSA) is 108 Å². The Hall–Kier alpha value is -4.38. The van der Waals surface area contributed by atoms with Crippen molar-refractivity contribution in [2.24, 2.45) is 0 Å². The van der Waals surface area contributed by atoms with Gasteiger partial charge in [0, 0.05) is 23.9 Å². The first-order valence-electron chi connectivity index (χ1n) is 11.3. The Bertz CT molecular complexity index is 1600. The maximum atomic E-state index is 14.9. The highest BCUT2D eigenvalue weighted by Gasteiger charge is 2.17. The summed E-state index contributed by atoms with van der Waals surface area (Å²) in [7, 11) is 1.54. The van der Waals surface area contributed by atoms with E-state index in [4.69, 9.17) is 14.2 Å². The summed E-state index contributed by atoms with van der Waals surface area (Å²) in [6, 6.07) is 10.2. The van der Waals surface area contributed by atoms with Crippen LogP contribution in [0.5, 0.6) is 11.6 Å². The van der Waals surface area contributed by atoms with Gasteiger partial charge in [-0.25, -0.2) is 24.1 Å². The van der Waals surface area contributed by atoms with E-state index in [0.29, 0.717) is 33.1 Å². The third kappa shape index (κ3) is 5.41. The molecule has 0 aliphatic rings. The molecule has 0 bridgehead atoms. The molecule has 0 saturated heterocycles. The van der Waals surface area contributed by atoms with Crippen LogP contribution in [-0.2, 0) is 4.74 Å². The number of rotatable bonds is 7. The zero-order valence-corrected chi connectivity index (χ0v) is 21.0. The number of aryl methyl sites for hydroxylation is 1. The molecule has 1 amide bonds. The number of carbonyl (C=O) groups excluding carboxylic acids is 1. The summed E-state index contributed by atoms with van der Waals surface area (Å²) in [5.74, 6) is -0.0930. The molecule has 5 rings (SSSR count). The lowest BCUT2D eigenvalue weighted by Crippen LogP contribution is -2.24. The Balaban J connectivity index is 1.34. The molecule has 9 nitrogen and oxygen atoms in total. The van der Waals surface area contributed by atoms with Crippen molar-refractivity contribution in [1.29, 1.82) is 0 Å². The Labute approximate surface area is 215 Å². The largest absolute Gasteiger partial charge is 0.484 e. The summed E-state index contributed by atoms with van der Waals surface area (Å²) < 4.78 is 31.7. The number of thiazole rings is 1. The lowest BCUT2D eigenvalue weighted by atomic mass is 10.1. The fraction of sp³-hybridized carbons (Fsp3) is 0.192. The van der Waals surface area contributed by atoms with Gasteiger partial charge in [-0.2, -0.15) is 0 Å². The van der Waals surface area contributed by atoms with Crippen LogP contribution in [0.3, 0.4) is 0 Å². The summed E-state index contributed by atoms with van der Waals surface area (Å²) >= 11 is 1.40. The molecule has 0 unspecified atom stereocenters. The van der Waals surface area contributed by atoms with Gasteiger partial charge in [0.2, 0.25) is 5.88 Å². The maximum absolute atomic E-state index is 14.9. The summed E-state index contributed by atoms with van der Waals surface area (Å²) in [5.41, 5.74) is 4.16. The van der Waals surface area contributed by atoms with Crippen LogP contribution in [-0.4, -0.2) is 45.8 Å². The number of hydrogen-bond donors (Lipinski definition) is 1. The van der Waals surface area contributed by atoms with E-state index < -0.39 is 18.0 Å². The van der Waals surface area contributed by atoms with Crippen molar-refractivity contribution < 1.29 is 23.4 Å². The molecule has 1 N–H and O–H groups in total. The van der Waals surface area contributed by atoms with Crippen LogP contribution in [0.4, 0.5) is 14.9 Å². The van der Waals surface area contributed by atoms with Crippen LogP contribution >= 0.6 is 11.3 Å². The van der Waals surface area contributed by atoms with Crippen LogP contribution in [0.15, 0.2) is 55.0 Å². The number of halogens is 1. The number of methoxy groups -OCH3 is 1. The van der Waals surface area contributed by atoms with E-state index in [-0.39, 0.29) is 12.4 Å². The van der Waals surface area contributed by atoms with Gasteiger partial charge in [-0.1, -0.05) is 0 Å². The predicted molar refractivity (Wildman–Crippen MR) is 139 cm³/mol. The minimum absolute atomic E-state index is 0.0464. The fourth-order valence-electron chi connectivity index (χ4n) is 3.68. The number of benzene rings is 2. The highest BCUT2D eigenvalue weighted by atomic mass is 32.1. The van der Waals surface area contributed by atoms with Gasteiger partial charge in [0.15, 0.2) is 11.6 Å². The third-order valence-electron chi connectivity index (χ3n) is 5.34. The second-order valence-electron chi connectivity index (χ2n) is 8.26. The molecule has 1 atom stereocenters. The van der Waals surface area contributed by atoms with Gasteiger partial charge in [-0.3, -0.25) is 10.3 Å². The molecular weight excluding hydrogens is 497 g/mol. The monoisotopic (exact) mass is 519 g/mol. The van der Waals surface area contributed by atoms with Crippen molar-refractivity contribution in [2.45, 2.75) is 20.0 Å². The Morgan fingerprint density at radius 1 is 1.16 bits per heavy atom. The SMILES string of the molecule is COc1cnc2c(-c3nc4cc(F)c(O[C@@H](C)COC(=O)Nc5cccnc5)cc4s3)cc(C)cc2n1. The minimum atomic E-state index is -0.655. The highest BCUT2D eigenvalue weighted by molar-refractivity contribution is 7.21. The second kappa shape index (κ2) is 10.3. The van der Waals surface area contributed by atoms with Crippen LogP contribution in [0, 0.1) is 12.7 Å². The average Bonchev–Trinajstić information content (AvgIpc) is 3.29. The summed E-state index contributed by atoms with van der Waals surface area (Å²) in [4.78, 5) is 29.5. The first-order chi connectivity index (χ1) is 17.9. The van der Waals surface area contributed by atoms with E-state index in [9.17, 15) is 9.18 Å². The van der Waals surface area contributed by atoms with Crippen molar-refractivity contribution >= 4 is 44.4 Å². The number of fused-ring (bicyclic) bond motifs is 2. The Kier molecular flexibility index (Phi) is 6.78. The normalized spacial score (nSPS) is 11.9. The summed E-state index contributed by atoms with van der Waals surface area (Å²) in [5, 5.41) is 3.25. The quantitative estimate of drug-likeness (QED) is 0.289. The number of nitrogens with one attached hydrogen (secondary N) is 1. The third-order valence-corrected chi connectivity index (χ3v) is 6.39. The molecule has 3 aromatic heterocycles. The van der Waals surface area contributed by atoms with E-state index in [2.05, 4.69) is 25.3 Å². The highest BCUT2D eigenvalue weighted by Crippen LogP contribution is 2.37. The van der Waals surface area contributed by atoms with Crippen molar-refractivity contribution in [3.63, 3.8) is 0 Å². The summed E-state index contributed by atoms with van der Waals surface area (Å²) in [6.07, 6.45) is 3.40. The molecule has 37 heavy (non-hydrogen) atoms. The van der Waals surface area contributed by atoms with Crippen LogP contribution in [0.1, 0.15) is 12.5 Å². The molecule has 0 aliphatic heterocycles. The number of pyridine rings is 1. The second-order valence-corrected chi connectivity index (χ2v) is 9.29. The van der Waals surface area contributed by atoms with Crippen molar-refractivity contribution in [3.05, 3.63) is 66.4 Å². The molecule has 0 saturated carbocycles. The molecule has 0 aliphatic carbocycles. The smallest absolute Gasteiger partial charge is 0.411 e. The molecule has 5 aromatic rings. The van der Waals surface area contributed by atoms with Crippen LogP contribution in [0.2, 0.25) is 0 Å². The van der Waals surface area contributed by atoms with Crippen molar-refractivity contribution in [2.75, 3.05) is 19.0 Å². The lowest BCUT2D eigenvalue weighted by Gasteiger charge is -2.15. The lowest BCUT2D eigenvalue weighted by molar-refractivity contribution is 0.0969. The van der Waals surface area contributed by atoms with Gasteiger partial charge in [0.05, 0.1) is 46.4 Å². The van der Waals surface area contributed by atoms with Gasteiger partial charge in [-0.05, 0) is 43.7 Å². The molecular formula is C26H22FN5O4S. The maximum Gasteiger partial charge on any atom is 0.411 e. The predicted octanol–water partition coefficient (Wildman–Crippen LogP) is 5.77. The molecule has 188 valence electrons. The van der Waals surface area contributed by atoms with Crippen LogP contribution < -0.4 is 14.8 Å². The Morgan fingerprint density at radius 3 is 2.81 bits per heavy atom. The minimum Gasteiger partial charge on any atom is -0.484 e. The number of anilines is 1. The summed E-state index contributed by atoms with van der Waals surface area (Å²) in [6.45, 7) is 3.57. The molecule has 2 aromatic carbocycles. The first-order valence-corrected chi connectivity index (χ1v) is 12.1. The van der Waals surface area contributed by atoms with E-state index in [1.807, 2.05) is 19.1 Å². The number of amides is 1.